The van der Waals surface area contributed by atoms with Crippen molar-refractivity contribution < 1.29 is 8.78 Å². The summed E-state index contributed by atoms with van der Waals surface area (Å²) in [5.41, 5.74) is 3.15. The minimum atomic E-state index is -0.521. The normalized spacial score (nSPS) is 12.4. The Labute approximate surface area is 127 Å². The van der Waals surface area contributed by atoms with Gasteiger partial charge in [0.1, 0.15) is 11.6 Å². The van der Waals surface area contributed by atoms with Crippen LogP contribution < -0.4 is 0 Å². The highest BCUT2D eigenvalue weighted by Crippen LogP contribution is 2.33. The first-order valence-corrected chi connectivity index (χ1v) is 7.63. The van der Waals surface area contributed by atoms with E-state index in [4.69, 9.17) is 0 Å². The van der Waals surface area contributed by atoms with E-state index in [2.05, 4.69) is 35.0 Å². The first kappa shape index (κ1) is 15.2. The predicted octanol–water partition coefficient (Wildman–Crippen LogP) is 5.71. The molecular weight excluding hydrogens is 322 g/mol. The lowest BCUT2D eigenvalue weighted by molar-refractivity contribution is 0.569. The number of benzene rings is 2. The molecule has 0 saturated heterocycles. The van der Waals surface area contributed by atoms with Gasteiger partial charge in [-0.05, 0) is 36.1 Å². The van der Waals surface area contributed by atoms with Gasteiger partial charge in [0.15, 0.2) is 0 Å². The van der Waals surface area contributed by atoms with Crippen LogP contribution in [0.5, 0.6) is 0 Å². The lowest BCUT2D eigenvalue weighted by Crippen LogP contribution is -1.99. The lowest BCUT2D eigenvalue weighted by atomic mass is 10.00. The average molecular weight is 339 g/mol. The molecule has 2 aromatic rings. The summed E-state index contributed by atoms with van der Waals surface area (Å²) in [7, 11) is 0. The summed E-state index contributed by atoms with van der Waals surface area (Å²) in [5.74, 6) is -1.03. The largest absolute Gasteiger partial charge is 0.207 e. The van der Waals surface area contributed by atoms with Crippen molar-refractivity contribution in [3.63, 3.8) is 0 Å². The highest BCUT2D eigenvalue weighted by atomic mass is 79.9. The summed E-state index contributed by atoms with van der Waals surface area (Å²) in [6.07, 6.45) is 2.14. The molecule has 0 heterocycles. The molecule has 106 valence electrons. The van der Waals surface area contributed by atoms with E-state index in [0.29, 0.717) is 11.1 Å². The monoisotopic (exact) mass is 338 g/mol. The zero-order chi connectivity index (χ0) is 14.7. The summed E-state index contributed by atoms with van der Waals surface area (Å²) < 4.78 is 27.2. The number of hydrogen-bond donors (Lipinski definition) is 0. The van der Waals surface area contributed by atoms with Crippen LogP contribution in [0.1, 0.15) is 40.4 Å². The standard InChI is InChI=1S/C17H17BrF2/c1-3-4-12-5-7-13(8-6-12)17(18)14-9-11(2)15(19)10-16(14)20/h5-10,17H,3-4H2,1-2H3. The van der Waals surface area contributed by atoms with Crippen molar-refractivity contribution >= 4 is 15.9 Å². The van der Waals surface area contributed by atoms with E-state index in [1.165, 1.54) is 5.56 Å². The first-order valence-electron chi connectivity index (χ1n) is 6.71. The van der Waals surface area contributed by atoms with Crippen LogP contribution in [0.25, 0.3) is 0 Å². The summed E-state index contributed by atoms with van der Waals surface area (Å²) in [4.78, 5) is -0.266. The van der Waals surface area contributed by atoms with Crippen LogP contribution in [-0.2, 0) is 6.42 Å². The molecule has 0 fully saturated rings. The minimum Gasteiger partial charge on any atom is -0.207 e. The van der Waals surface area contributed by atoms with Gasteiger partial charge in [0, 0.05) is 11.6 Å². The first-order chi connectivity index (χ1) is 9.52. The van der Waals surface area contributed by atoms with Gasteiger partial charge in [-0.3, -0.25) is 0 Å². The Morgan fingerprint density at radius 2 is 1.70 bits per heavy atom. The third-order valence-electron chi connectivity index (χ3n) is 3.36. The van der Waals surface area contributed by atoms with Gasteiger partial charge in [-0.1, -0.05) is 53.5 Å². The minimum absolute atomic E-state index is 0.266. The number of halogens is 3. The maximum absolute atomic E-state index is 13.9. The fourth-order valence-corrected chi connectivity index (χ4v) is 2.85. The second-order valence-electron chi connectivity index (χ2n) is 4.98. The topological polar surface area (TPSA) is 0 Å². The molecule has 0 N–H and O–H groups in total. The predicted molar refractivity (Wildman–Crippen MR) is 82.3 cm³/mol. The van der Waals surface area contributed by atoms with Crippen molar-refractivity contribution in [1.82, 2.24) is 0 Å². The summed E-state index contributed by atoms with van der Waals surface area (Å²) in [6.45, 7) is 3.78. The Hall–Kier alpha value is -1.22. The number of alkyl halides is 1. The third-order valence-corrected chi connectivity index (χ3v) is 4.38. The molecule has 0 nitrogen and oxygen atoms in total. The molecule has 0 saturated carbocycles. The average Bonchev–Trinajstić information content (AvgIpc) is 2.43. The number of aryl methyl sites for hydroxylation is 2. The molecule has 0 bridgehead atoms. The van der Waals surface area contributed by atoms with Gasteiger partial charge in [0.25, 0.3) is 0 Å². The van der Waals surface area contributed by atoms with Gasteiger partial charge in [-0.2, -0.15) is 0 Å². The molecule has 0 spiro atoms. The van der Waals surface area contributed by atoms with Crippen LogP contribution in [0.4, 0.5) is 8.78 Å². The van der Waals surface area contributed by atoms with Crippen LogP contribution in [0.15, 0.2) is 36.4 Å². The molecule has 1 atom stereocenters. The van der Waals surface area contributed by atoms with Crippen molar-refractivity contribution in [3.8, 4) is 0 Å². The van der Waals surface area contributed by atoms with Crippen molar-refractivity contribution in [2.75, 3.05) is 0 Å². The summed E-state index contributed by atoms with van der Waals surface area (Å²) >= 11 is 3.50. The van der Waals surface area contributed by atoms with Gasteiger partial charge < -0.3 is 0 Å². The summed E-state index contributed by atoms with van der Waals surface area (Å²) in [6, 6.07) is 10.6. The van der Waals surface area contributed by atoms with E-state index in [9.17, 15) is 8.78 Å². The maximum atomic E-state index is 13.9. The molecule has 1 unspecified atom stereocenters. The Bertz CT molecular complexity index is 591. The highest BCUT2D eigenvalue weighted by Gasteiger charge is 2.16. The quantitative estimate of drug-likeness (QED) is 0.626. The number of hydrogen-bond acceptors (Lipinski definition) is 0. The molecule has 0 aliphatic carbocycles. The maximum Gasteiger partial charge on any atom is 0.130 e. The molecule has 20 heavy (non-hydrogen) atoms. The van der Waals surface area contributed by atoms with E-state index in [1.807, 2.05) is 12.1 Å². The lowest BCUT2D eigenvalue weighted by Gasteiger charge is -2.13. The van der Waals surface area contributed by atoms with Gasteiger partial charge in [-0.25, -0.2) is 8.78 Å². The van der Waals surface area contributed by atoms with Crippen LogP contribution in [0, 0.1) is 18.6 Å². The van der Waals surface area contributed by atoms with Crippen LogP contribution in [0.2, 0.25) is 0 Å². The van der Waals surface area contributed by atoms with Crippen molar-refractivity contribution in [3.05, 3.63) is 70.3 Å². The summed E-state index contributed by atoms with van der Waals surface area (Å²) in [5, 5.41) is 0. The van der Waals surface area contributed by atoms with Gasteiger partial charge >= 0.3 is 0 Å². The fraction of sp³-hybridized carbons (Fsp3) is 0.294. The van der Waals surface area contributed by atoms with E-state index < -0.39 is 11.6 Å². The van der Waals surface area contributed by atoms with Gasteiger partial charge in [0.05, 0.1) is 4.83 Å². The Kier molecular flexibility index (Phi) is 4.92. The second kappa shape index (κ2) is 6.49. The fourth-order valence-electron chi connectivity index (χ4n) is 2.20. The zero-order valence-corrected chi connectivity index (χ0v) is 13.2. The third kappa shape index (κ3) is 3.26. The highest BCUT2D eigenvalue weighted by molar-refractivity contribution is 9.09. The molecule has 3 heteroatoms. The van der Waals surface area contributed by atoms with Crippen LogP contribution in [0.3, 0.4) is 0 Å². The molecule has 2 rings (SSSR count). The van der Waals surface area contributed by atoms with E-state index in [-0.39, 0.29) is 4.83 Å². The van der Waals surface area contributed by atoms with E-state index >= 15 is 0 Å². The molecule has 0 aliphatic rings. The Morgan fingerprint density at radius 1 is 1.05 bits per heavy atom. The van der Waals surface area contributed by atoms with Crippen LogP contribution in [-0.4, -0.2) is 0 Å². The molecular formula is C17H17BrF2. The van der Waals surface area contributed by atoms with Crippen LogP contribution >= 0.6 is 15.9 Å². The molecule has 0 aliphatic heterocycles. The van der Waals surface area contributed by atoms with Crippen molar-refractivity contribution in [2.24, 2.45) is 0 Å². The van der Waals surface area contributed by atoms with E-state index in [0.717, 1.165) is 24.5 Å². The molecule has 0 amide bonds. The van der Waals surface area contributed by atoms with Crippen molar-refractivity contribution in [2.45, 2.75) is 31.5 Å². The zero-order valence-electron chi connectivity index (χ0n) is 11.6. The SMILES string of the molecule is CCCc1ccc(C(Br)c2cc(C)c(F)cc2F)cc1. The molecule has 2 aromatic carbocycles. The Morgan fingerprint density at radius 3 is 2.30 bits per heavy atom. The van der Waals surface area contributed by atoms with Crippen molar-refractivity contribution in [1.29, 1.82) is 0 Å². The molecule has 0 radical (unpaired) electrons. The Balaban J connectivity index is 2.31. The van der Waals surface area contributed by atoms with Gasteiger partial charge in [0.2, 0.25) is 0 Å². The second-order valence-corrected chi connectivity index (χ2v) is 5.89. The smallest absolute Gasteiger partial charge is 0.130 e. The van der Waals surface area contributed by atoms with Gasteiger partial charge in [-0.15, -0.1) is 0 Å². The number of rotatable bonds is 4. The van der Waals surface area contributed by atoms with E-state index in [1.54, 1.807) is 13.0 Å². The molecule has 0 aromatic heterocycles.